The Labute approximate surface area is 135 Å². The number of hydrogen-bond donors (Lipinski definition) is 1. The van der Waals surface area contributed by atoms with Gasteiger partial charge in [0, 0.05) is 16.9 Å². The molecule has 4 heteroatoms. The molecule has 1 aliphatic carbocycles. The van der Waals surface area contributed by atoms with Crippen molar-refractivity contribution in [2.45, 2.75) is 25.7 Å². The highest BCUT2D eigenvalue weighted by Crippen LogP contribution is 2.30. The lowest BCUT2D eigenvalue weighted by molar-refractivity contribution is 0.242. The van der Waals surface area contributed by atoms with Crippen LogP contribution in [0.4, 0.5) is 0 Å². The average molecular weight is 361 g/mol. The first kappa shape index (κ1) is 16.1. The van der Waals surface area contributed by atoms with Crippen LogP contribution in [0.25, 0.3) is 0 Å². The minimum atomic E-state index is 0.699. The summed E-state index contributed by atoms with van der Waals surface area (Å²) in [6, 6.07) is 7.95. The van der Waals surface area contributed by atoms with Gasteiger partial charge in [0.15, 0.2) is 0 Å². The van der Waals surface area contributed by atoms with Gasteiger partial charge in [0.2, 0.25) is 0 Å². The van der Waals surface area contributed by atoms with Crippen LogP contribution in [0.15, 0.2) is 28.7 Å². The molecule has 0 radical (unpaired) electrons. The van der Waals surface area contributed by atoms with Crippen molar-refractivity contribution in [2.75, 3.05) is 25.6 Å². The second-order valence-corrected chi connectivity index (χ2v) is 6.69. The van der Waals surface area contributed by atoms with Crippen LogP contribution < -0.4 is 10.1 Å². The third-order valence-corrected chi connectivity index (χ3v) is 4.96. The van der Waals surface area contributed by atoms with E-state index in [1.54, 1.807) is 0 Å². The van der Waals surface area contributed by atoms with Crippen LogP contribution in [-0.4, -0.2) is 25.6 Å². The van der Waals surface area contributed by atoms with Crippen molar-refractivity contribution in [1.82, 2.24) is 5.32 Å². The normalized spacial score (nSPS) is 22.7. The first-order valence-electron chi connectivity index (χ1n) is 7.44. The fraction of sp³-hybridized carbons (Fsp3) is 0.625. The number of nitrogens with one attached hydrogen (secondary N) is 1. The predicted octanol–water partition coefficient (Wildman–Crippen LogP) is 4.46. The van der Waals surface area contributed by atoms with Crippen molar-refractivity contribution in [3.8, 4) is 5.75 Å². The second kappa shape index (κ2) is 8.91. The molecule has 1 saturated carbocycles. The van der Waals surface area contributed by atoms with Crippen LogP contribution >= 0.6 is 27.5 Å². The quantitative estimate of drug-likeness (QED) is 0.572. The Kier molecular flexibility index (Phi) is 7.18. The third kappa shape index (κ3) is 5.27. The Morgan fingerprint density at radius 3 is 2.55 bits per heavy atom. The molecule has 2 unspecified atom stereocenters. The van der Waals surface area contributed by atoms with Crippen LogP contribution in [0, 0.1) is 11.8 Å². The molecule has 1 aliphatic rings. The fourth-order valence-corrected chi connectivity index (χ4v) is 3.49. The van der Waals surface area contributed by atoms with Crippen LogP contribution in [0.3, 0.4) is 0 Å². The van der Waals surface area contributed by atoms with E-state index in [0.29, 0.717) is 12.5 Å². The van der Waals surface area contributed by atoms with E-state index in [2.05, 4.69) is 21.2 Å². The summed E-state index contributed by atoms with van der Waals surface area (Å²) >= 11 is 9.47. The van der Waals surface area contributed by atoms with Crippen LogP contribution in [0.5, 0.6) is 5.75 Å². The monoisotopic (exact) mass is 359 g/mol. The van der Waals surface area contributed by atoms with E-state index in [0.717, 1.165) is 35.1 Å². The number of rotatable bonds is 7. The van der Waals surface area contributed by atoms with Gasteiger partial charge < -0.3 is 10.1 Å². The fourth-order valence-electron chi connectivity index (χ4n) is 2.82. The van der Waals surface area contributed by atoms with Gasteiger partial charge in [-0.15, -0.1) is 11.6 Å². The second-order valence-electron chi connectivity index (χ2n) is 5.47. The Hall–Kier alpha value is -0.250. The topological polar surface area (TPSA) is 21.3 Å². The molecule has 1 fully saturated rings. The van der Waals surface area contributed by atoms with Gasteiger partial charge in [-0.25, -0.2) is 0 Å². The summed E-state index contributed by atoms with van der Waals surface area (Å²) in [6.07, 6.45) is 5.32. The van der Waals surface area contributed by atoms with Gasteiger partial charge in [0.1, 0.15) is 12.4 Å². The van der Waals surface area contributed by atoms with Gasteiger partial charge in [0.05, 0.1) is 0 Å². The molecule has 0 spiro atoms. The van der Waals surface area contributed by atoms with Gasteiger partial charge >= 0.3 is 0 Å². The van der Waals surface area contributed by atoms with Gasteiger partial charge in [-0.3, -0.25) is 0 Å². The summed E-state index contributed by atoms with van der Waals surface area (Å²) in [5.41, 5.74) is 0. The Bertz CT molecular complexity index is 385. The molecular weight excluding hydrogens is 338 g/mol. The lowest BCUT2D eigenvalue weighted by atomic mass is 9.80. The molecule has 0 amide bonds. The number of alkyl halides is 1. The molecule has 112 valence electrons. The number of ether oxygens (including phenoxy) is 1. The SMILES string of the molecule is ClCC1CCCCC1CNCCOc1ccc(Br)cc1. The zero-order chi connectivity index (χ0) is 14.2. The summed E-state index contributed by atoms with van der Waals surface area (Å²) in [6.45, 7) is 2.67. The highest BCUT2D eigenvalue weighted by atomic mass is 79.9. The molecule has 0 aliphatic heterocycles. The van der Waals surface area contributed by atoms with Gasteiger partial charge in [-0.05, 0) is 55.5 Å². The first-order chi connectivity index (χ1) is 9.79. The highest BCUT2D eigenvalue weighted by Gasteiger charge is 2.23. The molecular formula is C16H23BrClNO. The Morgan fingerprint density at radius 1 is 1.15 bits per heavy atom. The molecule has 0 bridgehead atoms. The van der Waals surface area contributed by atoms with E-state index in [1.165, 1.54) is 25.7 Å². The number of halogens is 2. The maximum absolute atomic E-state index is 6.05. The van der Waals surface area contributed by atoms with Gasteiger partial charge in [-0.1, -0.05) is 28.8 Å². The molecule has 1 aromatic rings. The van der Waals surface area contributed by atoms with E-state index in [4.69, 9.17) is 16.3 Å². The van der Waals surface area contributed by atoms with Gasteiger partial charge in [0.25, 0.3) is 0 Å². The molecule has 2 atom stereocenters. The van der Waals surface area contributed by atoms with E-state index in [1.807, 2.05) is 24.3 Å². The zero-order valence-electron chi connectivity index (χ0n) is 11.8. The first-order valence-corrected chi connectivity index (χ1v) is 8.77. The summed E-state index contributed by atoms with van der Waals surface area (Å²) in [4.78, 5) is 0. The number of hydrogen-bond acceptors (Lipinski definition) is 2. The predicted molar refractivity (Wildman–Crippen MR) is 88.7 cm³/mol. The molecule has 2 nitrogen and oxygen atoms in total. The average Bonchev–Trinajstić information content (AvgIpc) is 2.49. The van der Waals surface area contributed by atoms with Crippen molar-refractivity contribution in [3.05, 3.63) is 28.7 Å². The highest BCUT2D eigenvalue weighted by molar-refractivity contribution is 9.10. The molecule has 0 aromatic heterocycles. The lowest BCUT2D eigenvalue weighted by Gasteiger charge is -2.30. The van der Waals surface area contributed by atoms with Crippen molar-refractivity contribution < 1.29 is 4.74 Å². The van der Waals surface area contributed by atoms with E-state index in [9.17, 15) is 0 Å². The Morgan fingerprint density at radius 2 is 1.85 bits per heavy atom. The summed E-state index contributed by atoms with van der Waals surface area (Å²) < 4.78 is 6.77. The van der Waals surface area contributed by atoms with Crippen LogP contribution in [0.1, 0.15) is 25.7 Å². The minimum Gasteiger partial charge on any atom is -0.492 e. The summed E-state index contributed by atoms with van der Waals surface area (Å²) in [7, 11) is 0. The largest absolute Gasteiger partial charge is 0.492 e. The maximum atomic E-state index is 6.05. The third-order valence-electron chi connectivity index (χ3n) is 4.03. The van der Waals surface area contributed by atoms with Crippen LogP contribution in [0.2, 0.25) is 0 Å². The maximum Gasteiger partial charge on any atom is 0.119 e. The molecule has 2 rings (SSSR count). The van der Waals surface area contributed by atoms with Crippen molar-refractivity contribution in [3.63, 3.8) is 0 Å². The molecule has 1 N–H and O–H groups in total. The number of benzene rings is 1. The molecule has 20 heavy (non-hydrogen) atoms. The molecule has 1 aromatic carbocycles. The van der Waals surface area contributed by atoms with Crippen LogP contribution in [-0.2, 0) is 0 Å². The summed E-state index contributed by atoms with van der Waals surface area (Å²) in [5, 5.41) is 3.51. The standard InChI is InChI=1S/C16H23BrClNO/c17-15-5-7-16(8-6-15)20-10-9-19-12-14-4-2-1-3-13(14)11-18/h5-8,13-14,19H,1-4,9-12H2. The van der Waals surface area contributed by atoms with E-state index < -0.39 is 0 Å². The minimum absolute atomic E-state index is 0.699. The molecule has 0 saturated heterocycles. The smallest absolute Gasteiger partial charge is 0.119 e. The van der Waals surface area contributed by atoms with Crippen molar-refractivity contribution in [2.24, 2.45) is 11.8 Å². The van der Waals surface area contributed by atoms with Gasteiger partial charge in [-0.2, -0.15) is 0 Å². The van der Waals surface area contributed by atoms with E-state index in [-0.39, 0.29) is 0 Å². The lowest BCUT2D eigenvalue weighted by Crippen LogP contribution is -2.33. The van der Waals surface area contributed by atoms with Crippen molar-refractivity contribution >= 4 is 27.5 Å². The summed E-state index contributed by atoms with van der Waals surface area (Å²) in [5.74, 6) is 3.17. The Balaban J connectivity index is 1.60. The molecule has 0 heterocycles. The van der Waals surface area contributed by atoms with E-state index >= 15 is 0 Å². The zero-order valence-corrected chi connectivity index (χ0v) is 14.1. The van der Waals surface area contributed by atoms with Crippen molar-refractivity contribution in [1.29, 1.82) is 0 Å².